The fourth-order valence-electron chi connectivity index (χ4n) is 1.35. The van der Waals surface area contributed by atoms with Crippen molar-refractivity contribution in [3.05, 3.63) is 59.4 Å². The van der Waals surface area contributed by atoms with Crippen LogP contribution in [0.2, 0.25) is 0 Å². The van der Waals surface area contributed by atoms with Gasteiger partial charge in [0.2, 0.25) is 5.91 Å². The summed E-state index contributed by atoms with van der Waals surface area (Å²) in [5.41, 5.74) is 6.69. The van der Waals surface area contributed by atoms with Crippen molar-refractivity contribution in [2.45, 2.75) is 13.3 Å². The highest BCUT2D eigenvalue weighted by atomic mass is 16.3. The van der Waals surface area contributed by atoms with Crippen LogP contribution < -0.4 is 5.73 Å². The van der Waals surface area contributed by atoms with Crippen LogP contribution in [-0.4, -0.2) is 11.0 Å². The molecule has 0 aromatic carbocycles. The SMILES string of the molecule is CC(N)=O.OC1=CC=CC2=CC=CC=C1C2. The summed E-state index contributed by atoms with van der Waals surface area (Å²) in [7, 11) is 0. The van der Waals surface area contributed by atoms with Crippen LogP contribution in [0.1, 0.15) is 13.3 Å². The molecule has 84 valence electrons. The number of rotatable bonds is 0. The van der Waals surface area contributed by atoms with Crippen molar-refractivity contribution < 1.29 is 9.90 Å². The standard InChI is InChI=1S/C11H10O.C2H5NO/c12-11-7-3-5-9-4-1-2-6-10(11)8-9;1-2(3)4/h1-7,12H,8H2;1H3,(H2,3,4). The van der Waals surface area contributed by atoms with E-state index in [0.29, 0.717) is 5.76 Å². The molecule has 0 aromatic heterocycles. The number of hydrogen-bond donors (Lipinski definition) is 2. The Morgan fingerprint density at radius 1 is 1.25 bits per heavy atom. The van der Waals surface area contributed by atoms with Gasteiger partial charge in [-0.3, -0.25) is 4.79 Å². The number of carbonyl (C=O) groups excluding carboxylic acids is 1. The zero-order valence-electron chi connectivity index (χ0n) is 9.18. The lowest BCUT2D eigenvalue weighted by Crippen LogP contribution is -2.01. The van der Waals surface area contributed by atoms with Crippen LogP contribution in [0, 0.1) is 0 Å². The van der Waals surface area contributed by atoms with E-state index in [1.807, 2.05) is 30.4 Å². The van der Waals surface area contributed by atoms with Crippen molar-refractivity contribution in [2.75, 3.05) is 0 Å². The molecule has 0 spiro atoms. The fraction of sp³-hybridized carbons (Fsp3) is 0.154. The number of carbonyl (C=O) groups is 1. The number of aliphatic hydroxyl groups excluding tert-OH is 1. The van der Waals surface area contributed by atoms with Crippen LogP contribution in [0.25, 0.3) is 0 Å². The predicted molar refractivity (Wildman–Crippen MR) is 64.6 cm³/mol. The van der Waals surface area contributed by atoms with Gasteiger partial charge in [-0.2, -0.15) is 0 Å². The first-order valence-electron chi connectivity index (χ1n) is 4.99. The summed E-state index contributed by atoms with van der Waals surface area (Å²) < 4.78 is 0. The van der Waals surface area contributed by atoms with Gasteiger partial charge in [0.15, 0.2) is 0 Å². The molecule has 0 fully saturated rings. The van der Waals surface area contributed by atoms with Crippen LogP contribution in [0.4, 0.5) is 0 Å². The monoisotopic (exact) mass is 217 g/mol. The number of primary amides is 1. The van der Waals surface area contributed by atoms with Crippen LogP contribution >= 0.6 is 0 Å². The maximum absolute atomic E-state index is 9.51. The van der Waals surface area contributed by atoms with Crippen LogP contribution in [0.3, 0.4) is 0 Å². The molecule has 2 bridgehead atoms. The molecule has 0 saturated carbocycles. The summed E-state index contributed by atoms with van der Waals surface area (Å²) in [5, 5.41) is 9.51. The molecule has 0 unspecified atom stereocenters. The first-order chi connectivity index (χ1) is 7.59. The van der Waals surface area contributed by atoms with E-state index in [2.05, 4.69) is 11.8 Å². The molecule has 0 atom stereocenters. The maximum atomic E-state index is 9.51. The minimum absolute atomic E-state index is 0.333. The van der Waals surface area contributed by atoms with Gasteiger partial charge in [0.05, 0.1) is 0 Å². The van der Waals surface area contributed by atoms with Gasteiger partial charge in [-0.15, -0.1) is 0 Å². The minimum atomic E-state index is -0.333. The van der Waals surface area contributed by atoms with E-state index >= 15 is 0 Å². The van der Waals surface area contributed by atoms with Crippen molar-refractivity contribution in [1.29, 1.82) is 0 Å². The average molecular weight is 217 g/mol. The Morgan fingerprint density at radius 2 is 1.88 bits per heavy atom. The Labute approximate surface area is 95.0 Å². The summed E-state index contributed by atoms with van der Waals surface area (Å²) in [4.78, 5) is 9.22. The largest absolute Gasteiger partial charge is 0.508 e. The zero-order valence-corrected chi connectivity index (χ0v) is 9.18. The highest BCUT2D eigenvalue weighted by Crippen LogP contribution is 2.23. The number of fused-ring (bicyclic) bond motifs is 2. The van der Waals surface area contributed by atoms with Crippen molar-refractivity contribution in [1.82, 2.24) is 0 Å². The molecular weight excluding hydrogens is 202 g/mol. The predicted octanol–water partition coefficient (Wildman–Crippen LogP) is 2.30. The lowest BCUT2D eigenvalue weighted by molar-refractivity contribution is -0.115. The average Bonchev–Trinajstić information content (AvgIpc) is 2.51. The van der Waals surface area contributed by atoms with E-state index in [0.717, 1.165) is 12.0 Å². The summed E-state index contributed by atoms with van der Waals surface area (Å²) in [5.74, 6) is 0.0428. The Balaban J connectivity index is 0.000000280. The van der Waals surface area contributed by atoms with E-state index in [9.17, 15) is 9.90 Å². The highest BCUT2D eigenvalue weighted by Gasteiger charge is 2.07. The van der Waals surface area contributed by atoms with E-state index in [1.165, 1.54) is 12.5 Å². The van der Waals surface area contributed by atoms with Gasteiger partial charge in [0.25, 0.3) is 0 Å². The van der Waals surface area contributed by atoms with Gasteiger partial charge < -0.3 is 10.8 Å². The topological polar surface area (TPSA) is 63.3 Å². The second-order valence-electron chi connectivity index (χ2n) is 3.52. The van der Waals surface area contributed by atoms with Crippen molar-refractivity contribution in [2.24, 2.45) is 5.73 Å². The lowest BCUT2D eigenvalue weighted by atomic mass is 10.1. The van der Waals surface area contributed by atoms with Crippen LogP contribution in [0.15, 0.2) is 59.4 Å². The molecule has 3 N–H and O–H groups in total. The smallest absolute Gasteiger partial charge is 0.214 e. The lowest BCUT2D eigenvalue weighted by Gasteiger charge is -2.01. The Hall–Kier alpha value is -2.03. The molecule has 2 aliphatic carbocycles. The normalized spacial score (nSPS) is 16.9. The zero-order chi connectivity index (χ0) is 12.0. The molecule has 3 nitrogen and oxygen atoms in total. The van der Waals surface area contributed by atoms with E-state index in [4.69, 9.17) is 0 Å². The number of nitrogens with two attached hydrogens (primary N) is 1. The summed E-state index contributed by atoms with van der Waals surface area (Å²) in [6, 6.07) is 0. The number of amides is 1. The van der Waals surface area contributed by atoms with Crippen LogP contribution in [0.5, 0.6) is 0 Å². The summed E-state index contributed by atoms with van der Waals surface area (Å²) in [6.07, 6.45) is 14.4. The summed E-state index contributed by atoms with van der Waals surface area (Å²) in [6.45, 7) is 1.31. The second-order valence-corrected chi connectivity index (χ2v) is 3.52. The van der Waals surface area contributed by atoms with Gasteiger partial charge in [-0.25, -0.2) is 0 Å². The third-order valence-corrected chi connectivity index (χ3v) is 2.01. The Bertz CT molecular complexity index is 419. The molecule has 2 aliphatic rings. The van der Waals surface area contributed by atoms with Gasteiger partial charge in [-0.1, -0.05) is 36.5 Å². The van der Waals surface area contributed by atoms with Crippen molar-refractivity contribution >= 4 is 5.91 Å². The molecule has 1 amide bonds. The molecular formula is C13H15NO2. The molecule has 0 saturated heterocycles. The first-order valence-corrected chi connectivity index (χ1v) is 4.99. The quantitative estimate of drug-likeness (QED) is 0.654. The van der Waals surface area contributed by atoms with Crippen LogP contribution in [-0.2, 0) is 4.79 Å². The molecule has 0 aromatic rings. The van der Waals surface area contributed by atoms with Gasteiger partial charge in [-0.05, 0) is 17.2 Å². The van der Waals surface area contributed by atoms with Gasteiger partial charge in [0, 0.05) is 13.3 Å². The van der Waals surface area contributed by atoms with Gasteiger partial charge >= 0.3 is 0 Å². The molecule has 3 heteroatoms. The third-order valence-electron chi connectivity index (χ3n) is 2.01. The first kappa shape index (κ1) is 12.0. The van der Waals surface area contributed by atoms with E-state index < -0.39 is 0 Å². The number of allylic oxidation sites excluding steroid dienone is 9. The molecule has 0 aliphatic heterocycles. The Kier molecular flexibility index (Phi) is 4.33. The summed E-state index contributed by atoms with van der Waals surface area (Å²) >= 11 is 0. The second kappa shape index (κ2) is 5.75. The fourth-order valence-corrected chi connectivity index (χ4v) is 1.35. The third kappa shape index (κ3) is 4.00. The maximum Gasteiger partial charge on any atom is 0.214 e. The highest BCUT2D eigenvalue weighted by molar-refractivity contribution is 5.70. The number of hydrogen-bond acceptors (Lipinski definition) is 2. The van der Waals surface area contributed by atoms with Crippen molar-refractivity contribution in [3.8, 4) is 0 Å². The van der Waals surface area contributed by atoms with E-state index in [1.54, 1.807) is 6.08 Å². The van der Waals surface area contributed by atoms with Crippen molar-refractivity contribution in [3.63, 3.8) is 0 Å². The molecule has 0 radical (unpaired) electrons. The van der Waals surface area contributed by atoms with Gasteiger partial charge in [0.1, 0.15) is 5.76 Å². The minimum Gasteiger partial charge on any atom is -0.508 e. The molecule has 0 heterocycles. The number of aliphatic hydroxyl groups is 1. The molecule has 16 heavy (non-hydrogen) atoms. The van der Waals surface area contributed by atoms with E-state index in [-0.39, 0.29) is 5.91 Å². The Morgan fingerprint density at radius 3 is 2.56 bits per heavy atom. The molecule has 2 rings (SSSR count).